The number of hydrogen-bond acceptors (Lipinski definition) is 8. The maximum atomic E-state index is 9.44. The molecule has 8 heteroatoms. The largest absolute Gasteiger partial charge is 0.377 e. The molecule has 176 valence electrons. The number of rotatable bonds is 7. The second-order valence-electron chi connectivity index (χ2n) is 9.64. The standard InChI is InChI=1S/C27H26N6O2/c1-26(2,15-28)25-10-20(8-9-30-25)22-13-29-14-23(32-22)24-11-21(33-35-24)19-6-4-18(5-7-19)12-31-27(3)16-34-17-27/h4-11,13-14,31H,12,16-17H2,1-3H3. The van der Waals surface area contributed by atoms with E-state index in [2.05, 4.69) is 45.6 Å². The summed E-state index contributed by atoms with van der Waals surface area (Å²) in [7, 11) is 0. The van der Waals surface area contributed by atoms with Crippen LogP contribution >= 0.6 is 0 Å². The fraction of sp³-hybridized carbons (Fsp3) is 0.296. The second kappa shape index (κ2) is 9.02. The molecular weight excluding hydrogens is 440 g/mol. The van der Waals surface area contributed by atoms with Gasteiger partial charge in [0.15, 0.2) is 5.76 Å². The van der Waals surface area contributed by atoms with Crippen LogP contribution < -0.4 is 5.32 Å². The van der Waals surface area contributed by atoms with E-state index in [9.17, 15) is 5.26 Å². The van der Waals surface area contributed by atoms with Crippen molar-refractivity contribution >= 4 is 0 Å². The number of aromatic nitrogens is 4. The number of pyridine rings is 1. The van der Waals surface area contributed by atoms with Crippen molar-refractivity contribution in [3.8, 4) is 40.0 Å². The molecule has 5 rings (SSSR count). The van der Waals surface area contributed by atoms with Crippen molar-refractivity contribution in [1.29, 1.82) is 5.26 Å². The van der Waals surface area contributed by atoms with Gasteiger partial charge in [0.1, 0.15) is 11.4 Å². The van der Waals surface area contributed by atoms with Gasteiger partial charge in [0, 0.05) is 29.9 Å². The van der Waals surface area contributed by atoms with E-state index >= 15 is 0 Å². The Hall–Kier alpha value is -3.93. The molecule has 3 aromatic heterocycles. The summed E-state index contributed by atoms with van der Waals surface area (Å²) in [5, 5.41) is 17.2. The van der Waals surface area contributed by atoms with Crippen molar-refractivity contribution in [2.45, 2.75) is 38.3 Å². The summed E-state index contributed by atoms with van der Waals surface area (Å²) in [4.78, 5) is 13.4. The minimum absolute atomic E-state index is 0.0685. The van der Waals surface area contributed by atoms with Crippen LogP contribution in [0.3, 0.4) is 0 Å². The second-order valence-corrected chi connectivity index (χ2v) is 9.64. The van der Waals surface area contributed by atoms with Gasteiger partial charge in [-0.3, -0.25) is 9.97 Å². The molecule has 4 aromatic rings. The van der Waals surface area contributed by atoms with Crippen LogP contribution in [0, 0.1) is 11.3 Å². The number of ether oxygens (including phenoxy) is 1. The smallest absolute Gasteiger partial charge is 0.187 e. The first kappa shape index (κ1) is 22.8. The Bertz CT molecular complexity index is 1380. The van der Waals surface area contributed by atoms with Crippen LogP contribution in [0.1, 0.15) is 32.0 Å². The Kier molecular flexibility index (Phi) is 5.89. The summed E-state index contributed by atoms with van der Waals surface area (Å²) in [6, 6.07) is 16.1. The maximum absolute atomic E-state index is 9.44. The van der Waals surface area contributed by atoms with Crippen LogP contribution in [-0.2, 0) is 16.7 Å². The highest BCUT2D eigenvalue weighted by molar-refractivity contribution is 5.67. The van der Waals surface area contributed by atoms with Gasteiger partial charge in [-0.05, 0) is 38.5 Å². The van der Waals surface area contributed by atoms with E-state index in [0.717, 1.165) is 36.6 Å². The van der Waals surface area contributed by atoms with Crippen LogP contribution in [0.15, 0.2) is 65.6 Å². The molecule has 8 nitrogen and oxygen atoms in total. The van der Waals surface area contributed by atoms with Gasteiger partial charge in [-0.2, -0.15) is 5.26 Å². The molecule has 1 N–H and O–H groups in total. The van der Waals surface area contributed by atoms with Gasteiger partial charge in [-0.25, -0.2) is 4.98 Å². The lowest BCUT2D eigenvalue weighted by molar-refractivity contribution is -0.0649. The first-order valence-electron chi connectivity index (χ1n) is 11.4. The van der Waals surface area contributed by atoms with Crippen molar-refractivity contribution in [3.63, 3.8) is 0 Å². The average Bonchev–Trinajstić information content (AvgIpc) is 3.37. The molecule has 1 aliphatic rings. The highest BCUT2D eigenvalue weighted by Crippen LogP contribution is 2.28. The zero-order valence-corrected chi connectivity index (χ0v) is 19.9. The van der Waals surface area contributed by atoms with Gasteiger partial charge >= 0.3 is 0 Å². The number of nitrogens with zero attached hydrogens (tertiary/aromatic N) is 5. The van der Waals surface area contributed by atoms with Crippen LogP contribution in [0.5, 0.6) is 0 Å². The van der Waals surface area contributed by atoms with Crippen molar-refractivity contribution in [1.82, 2.24) is 25.4 Å². The maximum Gasteiger partial charge on any atom is 0.187 e. The Morgan fingerprint density at radius 3 is 2.51 bits per heavy atom. The third-order valence-corrected chi connectivity index (χ3v) is 6.18. The fourth-order valence-corrected chi connectivity index (χ4v) is 3.76. The lowest BCUT2D eigenvalue weighted by Gasteiger charge is -2.39. The molecule has 0 radical (unpaired) electrons. The Labute approximate surface area is 204 Å². The highest BCUT2D eigenvalue weighted by Gasteiger charge is 2.32. The molecular formula is C27H26N6O2. The Morgan fingerprint density at radius 2 is 1.80 bits per heavy atom. The van der Waals surface area contributed by atoms with E-state index in [-0.39, 0.29) is 5.54 Å². The van der Waals surface area contributed by atoms with E-state index in [1.54, 1.807) is 18.6 Å². The third kappa shape index (κ3) is 4.83. The van der Waals surface area contributed by atoms with Gasteiger partial charge in [0.25, 0.3) is 0 Å². The third-order valence-electron chi connectivity index (χ3n) is 6.18. The highest BCUT2D eigenvalue weighted by atomic mass is 16.5. The number of nitrogens with one attached hydrogen (secondary N) is 1. The van der Waals surface area contributed by atoms with Crippen molar-refractivity contribution < 1.29 is 9.26 Å². The van der Waals surface area contributed by atoms with Gasteiger partial charge in [0.2, 0.25) is 0 Å². The number of benzene rings is 1. The molecule has 1 saturated heterocycles. The van der Waals surface area contributed by atoms with E-state index in [1.165, 1.54) is 5.56 Å². The number of nitriles is 1. The van der Waals surface area contributed by atoms with E-state index in [4.69, 9.17) is 14.2 Å². The summed E-state index contributed by atoms with van der Waals surface area (Å²) in [5.41, 5.74) is 5.02. The van der Waals surface area contributed by atoms with Crippen molar-refractivity contribution in [3.05, 3.63) is 72.3 Å². The summed E-state index contributed by atoms with van der Waals surface area (Å²) < 4.78 is 10.9. The SMILES string of the molecule is CC1(NCc2ccc(-c3cc(-c4cncc(-c5ccnc(C(C)(C)C#N)c5)n4)on3)cc2)COC1. The first-order chi connectivity index (χ1) is 16.9. The minimum atomic E-state index is -0.698. The Balaban J connectivity index is 1.34. The minimum Gasteiger partial charge on any atom is -0.377 e. The molecule has 0 unspecified atom stereocenters. The van der Waals surface area contributed by atoms with Crippen LogP contribution in [-0.4, -0.2) is 38.9 Å². The van der Waals surface area contributed by atoms with Gasteiger partial charge in [-0.1, -0.05) is 29.4 Å². The van der Waals surface area contributed by atoms with Crippen molar-refractivity contribution in [2.75, 3.05) is 13.2 Å². The van der Waals surface area contributed by atoms with Crippen molar-refractivity contribution in [2.24, 2.45) is 0 Å². The predicted octanol–water partition coefficient (Wildman–Crippen LogP) is 4.54. The van der Waals surface area contributed by atoms with E-state index in [0.29, 0.717) is 22.8 Å². The molecule has 1 aliphatic heterocycles. The Morgan fingerprint density at radius 1 is 1.03 bits per heavy atom. The number of hydrogen-bond donors (Lipinski definition) is 1. The predicted molar refractivity (Wildman–Crippen MR) is 131 cm³/mol. The quantitative estimate of drug-likeness (QED) is 0.423. The van der Waals surface area contributed by atoms with Gasteiger partial charge < -0.3 is 14.6 Å². The van der Waals surface area contributed by atoms with E-state index < -0.39 is 5.41 Å². The molecule has 0 bridgehead atoms. The van der Waals surface area contributed by atoms with Crippen LogP contribution in [0.25, 0.3) is 34.0 Å². The van der Waals surface area contributed by atoms with Gasteiger partial charge in [-0.15, -0.1) is 0 Å². The van der Waals surface area contributed by atoms with Gasteiger partial charge in [0.05, 0.1) is 54.0 Å². The summed E-state index contributed by atoms with van der Waals surface area (Å²) in [5.74, 6) is 0.532. The lowest BCUT2D eigenvalue weighted by Crippen LogP contribution is -2.57. The molecule has 0 spiro atoms. The summed E-state index contributed by atoms with van der Waals surface area (Å²) >= 11 is 0. The summed E-state index contributed by atoms with van der Waals surface area (Å²) in [6.45, 7) is 8.12. The van der Waals surface area contributed by atoms with Crippen LogP contribution in [0.4, 0.5) is 0 Å². The molecule has 1 fully saturated rings. The summed E-state index contributed by atoms with van der Waals surface area (Å²) in [6.07, 6.45) is 5.01. The lowest BCUT2D eigenvalue weighted by atomic mass is 9.90. The monoisotopic (exact) mass is 466 g/mol. The topological polar surface area (TPSA) is 110 Å². The zero-order chi connectivity index (χ0) is 24.5. The van der Waals surface area contributed by atoms with E-state index in [1.807, 2.05) is 44.2 Å². The molecule has 0 saturated carbocycles. The molecule has 0 amide bonds. The molecule has 4 heterocycles. The fourth-order valence-electron chi connectivity index (χ4n) is 3.76. The normalized spacial score (nSPS) is 14.8. The zero-order valence-electron chi connectivity index (χ0n) is 19.9. The average molecular weight is 467 g/mol. The molecule has 35 heavy (non-hydrogen) atoms. The molecule has 0 atom stereocenters. The molecule has 1 aromatic carbocycles. The first-order valence-corrected chi connectivity index (χ1v) is 11.4. The van der Waals surface area contributed by atoms with Crippen LogP contribution in [0.2, 0.25) is 0 Å². The molecule has 0 aliphatic carbocycles.